The normalized spacial score (nSPS) is 22.3. The van der Waals surface area contributed by atoms with Crippen LogP contribution in [0.5, 0.6) is 11.5 Å². The van der Waals surface area contributed by atoms with Gasteiger partial charge in [0.05, 0.1) is 17.1 Å². The third-order valence-electron chi connectivity index (χ3n) is 3.42. The van der Waals surface area contributed by atoms with E-state index in [9.17, 15) is 13.2 Å². The van der Waals surface area contributed by atoms with Crippen LogP contribution in [0.4, 0.5) is 0 Å². The number of carbonyl (C=O) groups excluding carboxylic acids is 1. The summed E-state index contributed by atoms with van der Waals surface area (Å²) in [6, 6.07) is 4.89. The number of ether oxygens (including phenoxy) is 2. The summed E-state index contributed by atoms with van der Waals surface area (Å²) in [6.45, 7) is 0. The van der Waals surface area contributed by atoms with Gasteiger partial charge in [0.2, 0.25) is 0 Å². The van der Waals surface area contributed by atoms with Gasteiger partial charge in [-0.1, -0.05) is 6.07 Å². The van der Waals surface area contributed by atoms with E-state index in [0.717, 1.165) is 0 Å². The van der Waals surface area contributed by atoms with Gasteiger partial charge in [0.15, 0.2) is 21.3 Å². The van der Waals surface area contributed by atoms with Crippen LogP contribution in [0.25, 0.3) is 0 Å². The van der Waals surface area contributed by atoms with Crippen LogP contribution in [-0.4, -0.2) is 31.6 Å². The lowest BCUT2D eigenvalue weighted by atomic mass is 10.1. The predicted molar refractivity (Wildman–Crippen MR) is 66.8 cm³/mol. The lowest BCUT2D eigenvalue weighted by Gasteiger charge is -2.31. The Morgan fingerprint density at radius 2 is 1.89 bits per heavy atom. The molecule has 3 rings (SSSR count). The molecule has 0 saturated carbocycles. The van der Waals surface area contributed by atoms with Gasteiger partial charge in [0.25, 0.3) is 11.7 Å². The number of sulfone groups is 1. The van der Waals surface area contributed by atoms with Gasteiger partial charge in [0, 0.05) is 12.8 Å². The molecule has 2 heterocycles. The van der Waals surface area contributed by atoms with Crippen LogP contribution in [0.1, 0.15) is 23.2 Å². The van der Waals surface area contributed by atoms with E-state index in [1.807, 2.05) is 0 Å². The molecule has 1 aromatic carbocycles. The van der Waals surface area contributed by atoms with E-state index in [0.29, 0.717) is 11.5 Å². The van der Waals surface area contributed by atoms with E-state index >= 15 is 0 Å². The van der Waals surface area contributed by atoms with Crippen LogP contribution >= 0.6 is 0 Å². The highest BCUT2D eigenvalue weighted by Gasteiger charge is 2.47. The van der Waals surface area contributed by atoms with Crippen molar-refractivity contribution < 1.29 is 22.7 Å². The van der Waals surface area contributed by atoms with Gasteiger partial charge >= 0.3 is 0 Å². The second-order valence-electron chi connectivity index (χ2n) is 4.76. The second-order valence-corrected chi connectivity index (χ2v) is 7.07. The SMILES string of the molecule is NC(=O)c1cccc2c1OC1(CCS(=O)(=O)CC1)O2. The fourth-order valence-corrected chi connectivity index (χ4v) is 3.80. The quantitative estimate of drug-likeness (QED) is 0.808. The Morgan fingerprint density at radius 1 is 1.21 bits per heavy atom. The molecule has 0 unspecified atom stereocenters. The van der Waals surface area contributed by atoms with Crippen molar-refractivity contribution in [3.8, 4) is 11.5 Å². The Bertz CT molecular complexity index is 638. The van der Waals surface area contributed by atoms with Gasteiger partial charge in [-0.2, -0.15) is 0 Å². The number of primary amides is 1. The van der Waals surface area contributed by atoms with E-state index < -0.39 is 21.5 Å². The smallest absolute Gasteiger partial charge is 0.253 e. The molecule has 19 heavy (non-hydrogen) atoms. The summed E-state index contributed by atoms with van der Waals surface area (Å²) < 4.78 is 34.4. The molecule has 0 aromatic heterocycles. The van der Waals surface area contributed by atoms with Gasteiger partial charge in [-0.05, 0) is 12.1 Å². The molecule has 0 radical (unpaired) electrons. The number of para-hydroxylation sites is 1. The number of nitrogens with two attached hydrogens (primary N) is 1. The molecule has 102 valence electrons. The van der Waals surface area contributed by atoms with Crippen LogP contribution in [0.3, 0.4) is 0 Å². The summed E-state index contributed by atoms with van der Waals surface area (Å²) in [5.41, 5.74) is 5.53. The number of amides is 1. The van der Waals surface area contributed by atoms with Crippen LogP contribution in [0.2, 0.25) is 0 Å². The fourth-order valence-electron chi connectivity index (χ4n) is 2.36. The monoisotopic (exact) mass is 283 g/mol. The van der Waals surface area contributed by atoms with E-state index in [1.54, 1.807) is 18.2 Å². The third-order valence-corrected chi connectivity index (χ3v) is 5.07. The summed E-state index contributed by atoms with van der Waals surface area (Å²) in [7, 11) is -3.01. The molecule has 1 aromatic rings. The predicted octanol–water partition coefficient (Wildman–Crippen LogP) is 0.462. The number of hydrogen-bond donors (Lipinski definition) is 1. The molecule has 1 saturated heterocycles. The van der Waals surface area contributed by atoms with Crippen molar-refractivity contribution in [3.05, 3.63) is 23.8 Å². The molecule has 1 amide bonds. The lowest BCUT2D eigenvalue weighted by molar-refractivity contribution is -0.0857. The highest BCUT2D eigenvalue weighted by atomic mass is 32.2. The molecule has 1 fully saturated rings. The average molecular weight is 283 g/mol. The lowest BCUT2D eigenvalue weighted by Crippen LogP contribution is -2.46. The van der Waals surface area contributed by atoms with Gasteiger partial charge in [-0.25, -0.2) is 8.42 Å². The Kier molecular flexibility index (Phi) is 2.50. The van der Waals surface area contributed by atoms with Gasteiger partial charge in [-0.15, -0.1) is 0 Å². The minimum absolute atomic E-state index is 0.0207. The number of benzene rings is 1. The molecule has 2 N–H and O–H groups in total. The zero-order valence-electron chi connectivity index (χ0n) is 10.1. The van der Waals surface area contributed by atoms with Gasteiger partial charge in [0.1, 0.15) is 0 Å². The largest absolute Gasteiger partial charge is 0.448 e. The van der Waals surface area contributed by atoms with E-state index in [1.165, 1.54) is 0 Å². The Morgan fingerprint density at radius 3 is 2.53 bits per heavy atom. The molecular formula is C12H13NO5S. The van der Waals surface area contributed by atoms with E-state index in [2.05, 4.69) is 0 Å². The van der Waals surface area contributed by atoms with Gasteiger partial charge < -0.3 is 15.2 Å². The molecular weight excluding hydrogens is 270 g/mol. The standard InChI is InChI=1S/C12H13NO5S/c13-11(14)8-2-1-3-9-10(8)18-12(17-9)4-6-19(15,16)7-5-12/h1-3H,4-7H2,(H2,13,14). The van der Waals surface area contributed by atoms with Crippen molar-refractivity contribution in [1.82, 2.24) is 0 Å². The minimum Gasteiger partial charge on any atom is -0.448 e. The molecule has 1 spiro atoms. The molecule has 0 bridgehead atoms. The molecule has 0 aliphatic carbocycles. The summed E-state index contributed by atoms with van der Waals surface area (Å²) in [5.74, 6) is -0.773. The Hall–Kier alpha value is -1.76. The van der Waals surface area contributed by atoms with E-state index in [-0.39, 0.29) is 29.9 Å². The van der Waals surface area contributed by atoms with E-state index in [4.69, 9.17) is 15.2 Å². The van der Waals surface area contributed by atoms with Crippen molar-refractivity contribution in [3.63, 3.8) is 0 Å². The first kappa shape index (κ1) is 12.3. The number of carbonyl (C=O) groups is 1. The summed E-state index contributed by atoms with van der Waals surface area (Å²) in [6.07, 6.45) is 0.504. The van der Waals surface area contributed by atoms with Crippen molar-refractivity contribution in [2.75, 3.05) is 11.5 Å². The summed E-state index contributed by atoms with van der Waals surface area (Å²) >= 11 is 0. The first-order chi connectivity index (χ1) is 8.91. The third kappa shape index (κ3) is 2.03. The van der Waals surface area contributed by atoms with Crippen molar-refractivity contribution in [2.45, 2.75) is 18.6 Å². The fraction of sp³-hybridized carbons (Fsp3) is 0.417. The maximum absolute atomic E-state index is 11.5. The van der Waals surface area contributed by atoms with Crippen molar-refractivity contribution in [2.24, 2.45) is 5.73 Å². The number of rotatable bonds is 1. The number of hydrogen-bond acceptors (Lipinski definition) is 5. The van der Waals surface area contributed by atoms with Gasteiger partial charge in [-0.3, -0.25) is 4.79 Å². The first-order valence-electron chi connectivity index (χ1n) is 5.92. The zero-order chi connectivity index (χ0) is 13.7. The molecule has 0 atom stereocenters. The Labute approximate surface area is 110 Å². The molecule has 2 aliphatic rings. The molecule has 2 aliphatic heterocycles. The summed E-state index contributed by atoms with van der Waals surface area (Å²) in [5, 5.41) is 0. The highest BCUT2D eigenvalue weighted by Crippen LogP contribution is 2.45. The Balaban J connectivity index is 1.93. The van der Waals surface area contributed by atoms with Crippen LogP contribution in [-0.2, 0) is 9.84 Å². The highest BCUT2D eigenvalue weighted by molar-refractivity contribution is 7.91. The molecule has 6 nitrogen and oxygen atoms in total. The topological polar surface area (TPSA) is 95.7 Å². The average Bonchev–Trinajstić information content (AvgIpc) is 2.71. The van der Waals surface area contributed by atoms with Crippen molar-refractivity contribution >= 4 is 15.7 Å². The summed E-state index contributed by atoms with van der Waals surface area (Å²) in [4.78, 5) is 11.3. The number of fused-ring (bicyclic) bond motifs is 1. The second kappa shape index (κ2) is 3.86. The molecule has 7 heteroatoms. The van der Waals surface area contributed by atoms with Crippen molar-refractivity contribution in [1.29, 1.82) is 0 Å². The first-order valence-corrected chi connectivity index (χ1v) is 7.74. The van der Waals surface area contributed by atoms with Crippen LogP contribution < -0.4 is 15.2 Å². The maximum Gasteiger partial charge on any atom is 0.253 e. The minimum atomic E-state index is -3.01. The van der Waals surface area contributed by atoms with Crippen LogP contribution in [0.15, 0.2) is 18.2 Å². The maximum atomic E-state index is 11.5. The zero-order valence-corrected chi connectivity index (χ0v) is 10.9. The van der Waals surface area contributed by atoms with Crippen LogP contribution in [0, 0.1) is 0 Å².